The van der Waals surface area contributed by atoms with Crippen LogP contribution < -0.4 is 16.6 Å². The van der Waals surface area contributed by atoms with Crippen molar-refractivity contribution in [2.45, 2.75) is 46.1 Å². The number of nitrogens with zero attached hydrogens (tertiary/aromatic N) is 3. The Morgan fingerprint density at radius 1 is 1.23 bits per heavy atom. The summed E-state index contributed by atoms with van der Waals surface area (Å²) in [4.78, 5) is 29.0. The van der Waals surface area contributed by atoms with Gasteiger partial charge in [-0.1, -0.05) is 0 Å². The van der Waals surface area contributed by atoms with Crippen LogP contribution in [0.3, 0.4) is 0 Å². The Morgan fingerprint density at radius 3 is 2.57 bits per heavy atom. The van der Waals surface area contributed by atoms with Gasteiger partial charge in [-0.25, -0.2) is 4.79 Å². The van der Waals surface area contributed by atoms with Crippen molar-refractivity contribution in [2.75, 3.05) is 26.3 Å². The van der Waals surface area contributed by atoms with Crippen LogP contribution in [0.4, 0.5) is 13.2 Å². The van der Waals surface area contributed by atoms with Gasteiger partial charge in [-0.2, -0.15) is 13.2 Å². The second-order valence-corrected chi connectivity index (χ2v) is 8.41. The molecule has 0 unspecified atom stereocenters. The van der Waals surface area contributed by atoms with Crippen molar-refractivity contribution >= 4 is 38.9 Å². The predicted molar refractivity (Wildman–Crippen MR) is 113 cm³/mol. The molecule has 0 atom stereocenters. The van der Waals surface area contributed by atoms with Crippen molar-refractivity contribution in [3.05, 3.63) is 31.3 Å². The van der Waals surface area contributed by atoms with Gasteiger partial charge in [0.15, 0.2) is 5.11 Å². The molecule has 1 aliphatic heterocycles. The van der Waals surface area contributed by atoms with Crippen molar-refractivity contribution in [3.63, 3.8) is 0 Å². The van der Waals surface area contributed by atoms with Crippen LogP contribution in [0.5, 0.6) is 0 Å². The lowest BCUT2D eigenvalue weighted by Crippen LogP contribution is -2.41. The Morgan fingerprint density at radius 2 is 1.97 bits per heavy atom. The molecular formula is C18H23F3N4O3S2. The van der Waals surface area contributed by atoms with Gasteiger partial charge in [0.25, 0.3) is 5.56 Å². The predicted octanol–water partition coefficient (Wildman–Crippen LogP) is 2.21. The Kier molecular flexibility index (Phi) is 6.88. The number of alkyl halides is 3. The van der Waals surface area contributed by atoms with Gasteiger partial charge in [-0.05, 0) is 31.6 Å². The molecule has 12 heteroatoms. The Bertz CT molecular complexity index is 1060. The van der Waals surface area contributed by atoms with E-state index in [9.17, 15) is 22.8 Å². The molecular weight excluding hydrogens is 441 g/mol. The highest BCUT2D eigenvalue weighted by atomic mass is 32.1. The molecule has 30 heavy (non-hydrogen) atoms. The first-order valence-corrected chi connectivity index (χ1v) is 10.8. The van der Waals surface area contributed by atoms with E-state index in [0.29, 0.717) is 36.9 Å². The van der Waals surface area contributed by atoms with E-state index in [1.165, 1.54) is 11.3 Å². The van der Waals surface area contributed by atoms with Crippen LogP contribution in [0.25, 0.3) is 10.2 Å². The van der Waals surface area contributed by atoms with Gasteiger partial charge in [0, 0.05) is 31.1 Å². The largest absolute Gasteiger partial charge is 0.390 e. The summed E-state index contributed by atoms with van der Waals surface area (Å²) in [5.74, 6) is 0. The fourth-order valence-electron chi connectivity index (χ4n) is 3.36. The van der Waals surface area contributed by atoms with Crippen LogP contribution in [-0.4, -0.2) is 51.6 Å². The van der Waals surface area contributed by atoms with Gasteiger partial charge in [0.2, 0.25) is 0 Å². The lowest BCUT2D eigenvalue weighted by molar-refractivity contribution is -0.136. The summed E-state index contributed by atoms with van der Waals surface area (Å²) in [5, 5.41) is 3.93. The first-order valence-electron chi connectivity index (χ1n) is 9.57. The molecule has 0 spiro atoms. The van der Waals surface area contributed by atoms with E-state index in [1.807, 2.05) is 4.90 Å². The molecule has 0 aromatic carbocycles. The molecule has 166 valence electrons. The van der Waals surface area contributed by atoms with Crippen LogP contribution in [-0.2, 0) is 24.4 Å². The average molecular weight is 465 g/mol. The van der Waals surface area contributed by atoms with E-state index in [-0.39, 0.29) is 23.4 Å². The molecule has 1 N–H and O–H groups in total. The van der Waals surface area contributed by atoms with E-state index in [0.717, 1.165) is 14.0 Å². The number of nitrogens with one attached hydrogen (secondary N) is 1. The first-order chi connectivity index (χ1) is 14.1. The third kappa shape index (κ3) is 4.70. The second-order valence-electron chi connectivity index (χ2n) is 6.94. The van der Waals surface area contributed by atoms with Crippen molar-refractivity contribution in [2.24, 2.45) is 0 Å². The second kappa shape index (κ2) is 9.06. The Hall–Kier alpha value is -1.92. The topological polar surface area (TPSA) is 68.5 Å². The van der Waals surface area contributed by atoms with Crippen molar-refractivity contribution < 1.29 is 17.9 Å². The van der Waals surface area contributed by atoms with Crippen LogP contribution in [0.15, 0.2) is 9.59 Å². The number of hydrogen-bond donors (Lipinski definition) is 1. The van der Waals surface area contributed by atoms with Gasteiger partial charge >= 0.3 is 11.9 Å². The fourth-order valence-corrected chi connectivity index (χ4v) is 4.95. The number of ether oxygens (including phenoxy) is 1. The summed E-state index contributed by atoms with van der Waals surface area (Å²) in [7, 11) is 0. The summed E-state index contributed by atoms with van der Waals surface area (Å²) >= 11 is 6.44. The highest BCUT2D eigenvalue weighted by molar-refractivity contribution is 7.80. The first kappa shape index (κ1) is 22.8. The molecule has 0 bridgehead atoms. The lowest BCUT2D eigenvalue weighted by atomic mass is 10.2. The third-order valence-electron chi connectivity index (χ3n) is 4.95. The monoisotopic (exact) mass is 464 g/mol. The minimum atomic E-state index is -4.42. The van der Waals surface area contributed by atoms with Crippen LogP contribution in [0, 0.1) is 6.92 Å². The fraction of sp³-hybridized carbons (Fsp3) is 0.611. The van der Waals surface area contributed by atoms with E-state index >= 15 is 0 Å². The van der Waals surface area contributed by atoms with E-state index in [2.05, 4.69) is 5.32 Å². The van der Waals surface area contributed by atoms with E-state index in [1.54, 1.807) is 13.8 Å². The summed E-state index contributed by atoms with van der Waals surface area (Å²) in [6, 6.07) is 0. The number of thiocarbonyl (C=S) groups is 1. The molecule has 2 aromatic rings. The molecule has 7 nitrogen and oxygen atoms in total. The summed E-state index contributed by atoms with van der Waals surface area (Å²) < 4.78 is 45.9. The number of aryl methyl sites for hydroxylation is 2. The zero-order valence-corrected chi connectivity index (χ0v) is 18.3. The van der Waals surface area contributed by atoms with Crippen molar-refractivity contribution in [1.29, 1.82) is 0 Å². The normalized spacial score (nSPS) is 14.7. The minimum absolute atomic E-state index is 0.0157. The highest BCUT2D eigenvalue weighted by Crippen LogP contribution is 2.30. The highest BCUT2D eigenvalue weighted by Gasteiger charge is 2.29. The number of aromatic nitrogens is 2. The minimum Gasteiger partial charge on any atom is -0.380 e. The van der Waals surface area contributed by atoms with E-state index in [4.69, 9.17) is 17.0 Å². The molecule has 1 fully saturated rings. The van der Waals surface area contributed by atoms with Crippen LogP contribution >= 0.6 is 23.6 Å². The number of hydrogen-bond acceptors (Lipinski definition) is 5. The molecule has 3 rings (SSSR count). The maximum Gasteiger partial charge on any atom is 0.390 e. The molecule has 0 aliphatic carbocycles. The van der Waals surface area contributed by atoms with E-state index < -0.39 is 30.4 Å². The van der Waals surface area contributed by atoms with Crippen molar-refractivity contribution in [1.82, 2.24) is 19.4 Å². The Labute approximate surface area is 180 Å². The summed E-state index contributed by atoms with van der Waals surface area (Å²) in [6.45, 7) is 5.35. The smallest absolute Gasteiger partial charge is 0.380 e. The quantitative estimate of drug-likeness (QED) is 0.477. The number of rotatable bonds is 8. The zero-order chi connectivity index (χ0) is 22.1. The molecule has 0 saturated carbocycles. The van der Waals surface area contributed by atoms with Gasteiger partial charge in [0.05, 0.1) is 31.5 Å². The number of halogens is 3. The molecule has 3 heterocycles. The third-order valence-corrected chi connectivity index (χ3v) is 6.66. The number of fused-ring (bicyclic) bond motifs is 1. The molecule has 1 saturated heterocycles. The Balaban J connectivity index is 2.11. The molecule has 2 aromatic heterocycles. The standard InChI is InChI=1S/C18H23F3N4O3S2/c1-3-28-9-8-24-14(26)13-11(2)12(10-23-7-5-22-16(23)29)30-15(13)25(17(24)27)6-4-18(19,20)21/h3-10H2,1-2H3,(H,22,29). The molecule has 0 amide bonds. The maximum atomic E-state index is 13.1. The number of thiophene rings is 1. The maximum absolute atomic E-state index is 13.1. The summed E-state index contributed by atoms with van der Waals surface area (Å²) in [6.07, 6.45) is -5.57. The van der Waals surface area contributed by atoms with Crippen LogP contribution in [0.2, 0.25) is 0 Å². The van der Waals surface area contributed by atoms with Crippen molar-refractivity contribution in [3.8, 4) is 0 Å². The van der Waals surface area contributed by atoms with Gasteiger partial charge < -0.3 is 15.0 Å². The average Bonchev–Trinajstić information content (AvgIpc) is 3.21. The lowest BCUT2D eigenvalue weighted by Gasteiger charge is -2.15. The molecule has 0 radical (unpaired) electrons. The van der Waals surface area contributed by atoms with Gasteiger partial charge in [-0.3, -0.25) is 13.9 Å². The molecule has 1 aliphatic rings. The van der Waals surface area contributed by atoms with Gasteiger partial charge in [0.1, 0.15) is 4.83 Å². The van der Waals surface area contributed by atoms with Crippen LogP contribution in [0.1, 0.15) is 23.8 Å². The summed E-state index contributed by atoms with van der Waals surface area (Å²) in [5.41, 5.74) is -0.580. The SMILES string of the molecule is CCOCCn1c(=O)c2c(C)c(CN3CCNC3=S)sc2n(CCC(F)(F)F)c1=O. The zero-order valence-electron chi connectivity index (χ0n) is 16.7. The van der Waals surface area contributed by atoms with Gasteiger partial charge in [-0.15, -0.1) is 11.3 Å².